The first-order valence-electron chi connectivity index (χ1n) is 9.78. The highest BCUT2D eigenvalue weighted by Gasteiger charge is 2.15. The van der Waals surface area contributed by atoms with Crippen LogP contribution in [0, 0.1) is 11.3 Å². The van der Waals surface area contributed by atoms with Crippen LogP contribution >= 0.6 is 0 Å². The maximum Gasteiger partial charge on any atom is 0.305 e. The van der Waals surface area contributed by atoms with E-state index in [9.17, 15) is 10.1 Å². The van der Waals surface area contributed by atoms with Crippen molar-refractivity contribution >= 4 is 16.9 Å². The monoisotopic (exact) mass is 417 g/mol. The number of aryl methyl sites for hydroxylation is 1. The first-order chi connectivity index (χ1) is 15.1. The summed E-state index contributed by atoms with van der Waals surface area (Å²) in [5.74, 6) is 0.355. The number of aromatic nitrogens is 4. The quantitative estimate of drug-likeness (QED) is 0.457. The highest BCUT2D eigenvalue weighted by molar-refractivity contribution is 5.83. The predicted molar refractivity (Wildman–Crippen MR) is 111 cm³/mol. The van der Waals surface area contributed by atoms with Crippen LogP contribution in [0.5, 0.6) is 5.75 Å². The van der Waals surface area contributed by atoms with Crippen LogP contribution in [0.2, 0.25) is 0 Å². The van der Waals surface area contributed by atoms with Crippen LogP contribution in [-0.2, 0) is 11.3 Å². The van der Waals surface area contributed by atoms with Gasteiger partial charge >= 0.3 is 5.97 Å². The van der Waals surface area contributed by atoms with E-state index in [2.05, 4.69) is 21.3 Å². The van der Waals surface area contributed by atoms with Crippen LogP contribution in [0.3, 0.4) is 0 Å². The van der Waals surface area contributed by atoms with E-state index >= 15 is 0 Å². The molecule has 156 valence electrons. The first-order valence-corrected chi connectivity index (χ1v) is 9.78. The number of fused-ring (bicyclic) bond motifs is 1. The third-order valence-electron chi connectivity index (χ3n) is 4.67. The molecule has 0 saturated heterocycles. The topological polar surface area (TPSA) is 127 Å². The van der Waals surface area contributed by atoms with Gasteiger partial charge in [0.05, 0.1) is 36.8 Å². The van der Waals surface area contributed by atoms with Crippen molar-refractivity contribution in [1.29, 1.82) is 5.26 Å². The van der Waals surface area contributed by atoms with Crippen LogP contribution in [0.4, 0.5) is 0 Å². The number of nitrogens with zero attached hydrogens (tertiary/aromatic N) is 5. The molecule has 0 atom stereocenters. The molecule has 0 unspecified atom stereocenters. The van der Waals surface area contributed by atoms with Gasteiger partial charge in [0, 0.05) is 16.5 Å². The van der Waals surface area contributed by atoms with E-state index in [0.29, 0.717) is 41.7 Å². The zero-order valence-electron chi connectivity index (χ0n) is 16.8. The van der Waals surface area contributed by atoms with Gasteiger partial charge in [-0.15, -0.1) is 0 Å². The van der Waals surface area contributed by atoms with Crippen molar-refractivity contribution in [3.05, 3.63) is 48.2 Å². The summed E-state index contributed by atoms with van der Waals surface area (Å²) in [5, 5.41) is 27.4. The van der Waals surface area contributed by atoms with E-state index in [1.54, 1.807) is 29.1 Å². The molecular formula is C22H19N5O4. The second-order valence-corrected chi connectivity index (χ2v) is 6.88. The average Bonchev–Trinajstić information content (AvgIpc) is 3.43. The summed E-state index contributed by atoms with van der Waals surface area (Å²) in [4.78, 5) is 15.3. The number of ether oxygens (including phenoxy) is 1. The largest absolute Gasteiger partial charge is 0.492 e. The summed E-state index contributed by atoms with van der Waals surface area (Å²) in [6.07, 6.45) is 2.53. The third kappa shape index (κ3) is 4.23. The molecule has 0 aliphatic rings. The van der Waals surface area contributed by atoms with Crippen molar-refractivity contribution in [3.63, 3.8) is 0 Å². The lowest BCUT2D eigenvalue weighted by Gasteiger charge is -2.06. The first kappa shape index (κ1) is 20.1. The van der Waals surface area contributed by atoms with E-state index in [0.717, 1.165) is 22.9 Å². The van der Waals surface area contributed by atoms with Gasteiger partial charge < -0.3 is 14.4 Å². The Morgan fingerprint density at radius 2 is 2.10 bits per heavy atom. The minimum absolute atomic E-state index is 0.000305. The molecule has 2 aromatic carbocycles. The van der Waals surface area contributed by atoms with E-state index in [1.807, 2.05) is 25.1 Å². The average molecular weight is 417 g/mol. The fraction of sp³-hybridized carbons (Fsp3) is 0.227. The normalized spacial score (nSPS) is 10.8. The van der Waals surface area contributed by atoms with Gasteiger partial charge in [0.25, 0.3) is 5.89 Å². The van der Waals surface area contributed by atoms with Crippen molar-refractivity contribution in [3.8, 4) is 34.7 Å². The minimum Gasteiger partial charge on any atom is -0.492 e. The summed E-state index contributed by atoms with van der Waals surface area (Å²) < 4.78 is 12.6. The predicted octanol–water partition coefficient (Wildman–Crippen LogP) is 3.89. The lowest BCUT2D eigenvalue weighted by atomic mass is 10.1. The molecule has 0 fully saturated rings. The van der Waals surface area contributed by atoms with Crippen LogP contribution < -0.4 is 4.74 Å². The molecule has 31 heavy (non-hydrogen) atoms. The molecule has 0 aliphatic carbocycles. The van der Waals surface area contributed by atoms with E-state index in [4.69, 9.17) is 14.4 Å². The Balaban J connectivity index is 1.59. The van der Waals surface area contributed by atoms with Crippen molar-refractivity contribution in [2.75, 3.05) is 6.61 Å². The highest BCUT2D eigenvalue weighted by atomic mass is 16.5. The number of carboxylic acid groups (broad SMARTS) is 1. The number of nitriles is 1. The van der Waals surface area contributed by atoms with Crippen LogP contribution in [0.15, 0.2) is 47.1 Å². The minimum atomic E-state index is -0.871. The van der Waals surface area contributed by atoms with Gasteiger partial charge in [-0.25, -0.2) is 0 Å². The van der Waals surface area contributed by atoms with Gasteiger partial charge in [0.2, 0.25) is 5.82 Å². The molecule has 0 radical (unpaired) electrons. The Morgan fingerprint density at radius 1 is 1.26 bits per heavy atom. The smallest absolute Gasteiger partial charge is 0.305 e. The Bertz CT molecular complexity index is 1280. The third-order valence-corrected chi connectivity index (χ3v) is 4.67. The molecular weight excluding hydrogens is 398 g/mol. The maximum atomic E-state index is 10.8. The summed E-state index contributed by atoms with van der Waals surface area (Å²) in [5.41, 5.74) is 2.60. The van der Waals surface area contributed by atoms with Crippen molar-refractivity contribution in [1.82, 2.24) is 19.9 Å². The molecule has 4 aromatic rings. The van der Waals surface area contributed by atoms with Crippen molar-refractivity contribution in [2.24, 2.45) is 0 Å². The fourth-order valence-corrected chi connectivity index (χ4v) is 3.15. The Labute approximate surface area is 177 Å². The maximum absolute atomic E-state index is 10.8. The highest BCUT2D eigenvalue weighted by Crippen LogP contribution is 2.28. The van der Waals surface area contributed by atoms with Crippen LogP contribution in [0.25, 0.3) is 33.7 Å². The molecule has 1 N–H and O–H groups in total. The number of benzene rings is 2. The van der Waals surface area contributed by atoms with E-state index < -0.39 is 5.97 Å². The van der Waals surface area contributed by atoms with Gasteiger partial charge in [0.1, 0.15) is 11.8 Å². The van der Waals surface area contributed by atoms with Crippen LogP contribution in [0.1, 0.15) is 25.3 Å². The molecule has 0 saturated carbocycles. The number of hydrogen-bond donors (Lipinski definition) is 1. The molecule has 0 aliphatic heterocycles. The van der Waals surface area contributed by atoms with Gasteiger partial charge in [-0.3, -0.25) is 9.48 Å². The van der Waals surface area contributed by atoms with Crippen molar-refractivity contribution in [2.45, 2.75) is 26.3 Å². The Kier molecular flexibility index (Phi) is 5.62. The summed E-state index contributed by atoms with van der Waals surface area (Å²) >= 11 is 0. The molecule has 0 amide bonds. The molecule has 2 heterocycles. The number of carboxylic acids is 1. The van der Waals surface area contributed by atoms with Gasteiger partial charge in [-0.1, -0.05) is 12.1 Å². The fourth-order valence-electron chi connectivity index (χ4n) is 3.15. The second-order valence-electron chi connectivity index (χ2n) is 6.88. The molecule has 9 heteroatoms. The molecule has 0 spiro atoms. The molecule has 2 aromatic heterocycles. The lowest BCUT2D eigenvalue weighted by molar-refractivity contribution is -0.137. The zero-order valence-corrected chi connectivity index (χ0v) is 16.8. The second kappa shape index (κ2) is 8.67. The number of aliphatic carboxylic acids is 1. The number of carbonyl (C=O) groups is 1. The zero-order chi connectivity index (χ0) is 21.8. The number of rotatable bonds is 8. The molecule has 0 bridgehead atoms. The van der Waals surface area contributed by atoms with Gasteiger partial charge in [0.15, 0.2) is 0 Å². The standard InChI is InChI=1S/C22H19N5O4/c1-2-9-30-19-6-4-15(11-16(19)12-23)22-25-21(26-31-22)14-3-5-18-17(10-14)13-24-27(18)8-7-20(28)29/h3-6,10-11,13H,2,7-9H2,1H3,(H,28,29). The van der Waals surface area contributed by atoms with E-state index in [1.165, 1.54) is 0 Å². The molecule has 9 nitrogen and oxygen atoms in total. The van der Waals surface area contributed by atoms with Gasteiger partial charge in [-0.05, 0) is 42.8 Å². The summed E-state index contributed by atoms with van der Waals surface area (Å²) in [6.45, 7) is 2.83. The Morgan fingerprint density at radius 3 is 2.87 bits per heavy atom. The van der Waals surface area contributed by atoms with Crippen LogP contribution in [-0.4, -0.2) is 37.6 Å². The van der Waals surface area contributed by atoms with Crippen molar-refractivity contribution < 1.29 is 19.2 Å². The summed E-state index contributed by atoms with van der Waals surface area (Å²) in [6, 6.07) is 12.9. The van der Waals surface area contributed by atoms with Gasteiger partial charge in [-0.2, -0.15) is 15.3 Å². The number of hydrogen-bond acceptors (Lipinski definition) is 7. The van der Waals surface area contributed by atoms with E-state index in [-0.39, 0.29) is 6.42 Å². The summed E-state index contributed by atoms with van der Waals surface area (Å²) in [7, 11) is 0. The SMILES string of the molecule is CCCOc1ccc(-c2nc(-c3ccc4c(cnn4CCC(=O)O)c3)no2)cc1C#N. The lowest BCUT2D eigenvalue weighted by Crippen LogP contribution is -2.05. The molecule has 4 rings (SSSR count). The Hall–Kier alpha value is -4.19.